The maximum atomic E-state index is 10.9. The SMILES string of the molecule is CC(=O)NC(Cc1cccc(C(=O)O)c1O)B(O)O. The molecule has 19 heavy (non-hydrogen) atoms. The van der Waals surface area contributed by atoms with Crippen LogP contribution in [0.15, 0.2) is 18.2 Å². The molecule has 8 heteroatoms. The summed E-state index contributed by atoms with van der Waals surface area (Å²) < 4.78 is 0. The fourth-order valence-corrected chi connectivity index (χ4v) is 1.66. The smallest absolute Gasteiger partial charge is 0.475 e. The molecule has 1 unspecified atom stereocenters. The molecule has 0 aliphatic rings. The molecule has 102 valence electrons. The Morgan fingerprint density at radius 3 is 2.47 bits per heavy atom. The molecule has 0 aromatic heterocycles. The van der Waals surface area contributed by atoms with Gasteiger partial charge in [0.05, 0.1) is 5.94 Å². The lowest BCUT2D eigenvalue weighted by molar-refractivity contribution is -0.119. The second kappa shape index (κ2) is 6.21. The number of carbonyl (C=O) groups excluding carboxylic acids is 1. The molecular formula is C11H14BNO6. The highest BCUT2D eigenvalue weighted by molar-refractivity contribution is 6.43. The summed E-state index contributed by atoms with van der Waals surface area (Å²) in [5, 5.41) is 39.2. The van der Waals surface area contributed by atoms with Gasteiger partial charge in [-0.05, 0) is 18.1 Å². The van der Waals surface area contributed by atoms with Gasteiger partial charge in [0, 0.05) is 6.92 Å². The van der Waals surface area contributed by atoms with Crippen molar-refractivity contribution >= 4 is 19.0 Å². The Kier molecular flexibility index (Phi) is 4.90. The molecule has 0 aliphatic heterocycles. The largest absolute Gasteiger partial charge is 0.507 e. The summed E-state index contributed by atoms with van der Waals surface area (Å²) >= 11 is 0. The molecule has 0 saturated heterocycles. The summed E-state index contributed by atoms with van der Waals surface area (Å²) in [7, 11) is -1.82. The number of rotatable bonds is 5. The fraction of sp³-hybridized carbons (Fsp3) is 0.273. The van der Waals surface area contributed by atoms with E-state index in [0.29, 0.717) is 0 Å². The number of para-hydroxylation sites is 1. The number of nitrogens with one attached hydrogen (secondary N) is 1. The number of amides is 1. The molecule has 1 rings (SSSR count). The zero-order valence-electron chi connectivity index (χ0n) is 10.2. The fourth-order valence-electron chi connectivity index (χ4n) is 1.66. The standard InChI is InChI=1S/C11H14BNO6/c1-6(14)13-9(12(18)19)5-7-3-2-4-8(10(7)15)11(16)17/h2-4,9,15,18-19H,5H2,1H3,(H,13,14)(H,16,17). The van der Waals surface area contributed by atoms with Crippen LogP contribution < -0.4 is 5.32 Å². The van der Waals surface area contributed by atoms with Gasteiger partial charge in [-0.15, -0.1) is 0 Å². The number of carboxylic acids is 1. The molecule has 0 saturated carbocycles. The van der Waals surface area contributed by atoms with Crippen LogP contribution in [0.1, 0.15) is 22.8 Å². The third-order valence-corrected chi connectivity index (χ3v) is 2.54. The van der Waals surface area contributed by atoms with Crippen LogP contribution in [-0.2, 0) is 11.2 Å². The first-order valence-corrected chi connectivity index (χ1v) is 5.50. The molecule has 0 heterocycles. The predicted molar refractivity (Wildman–Crippen MR) is 66.6 cm³/mol. The highest BCUT2D eigenvalue weighted by atomic mass is 16.4. The Morgan fingerprint density at radius 2 is 2.00 bits per heavy atom. The zero-order chi connectivity index (χ0) is 14.6. The zero-order valence-corrected chi connectivity index (χ0v) is 10.2. The Bertz CT molecular complexity index is 490. The maximum Gasteiger partial charge on any atom is 0.475 e. The molecule has 0 aliphatic carbocycles. The van der Waals surface area contributed by atoms with E-state index in [9.17, 15) is 14.7 Å². The van der Waals surface area contributed by atoms with Gasteiger partial charge >= 0.3 is 13.1 Å². The Balaban J connectivity index is 3.00. The second-order valence-electron chi connectivity index (χ2n) is 4.04. The minimum atomic E-state index is -1.82. The van der Waals surface area contributed by atoms with Gasteiger partial charge in [0.1, 0.15) is 11.3 Å². The van der Waals surface area contributed by atoms with Gasteiger partial charge in [0.2, 0.25) is 5.91 Å². The van der Waals surface area contributed by atoms with Crippen LogP contribution in [0.5, 0.6) is 5.75 Å². The van der Waals surface area contributed by atoms with E-state index in [2.05, 4.69) is 5.32 Å². The van der Waals surface area contributed by atoms with E-state index in [-0.39, 0.29) is 17.5 Å². The van der Waals surface area contributed by atoms with E-state index in [1.165, 1.54) is 25.1 Å². The van der Waals surface area contributed by atoms with Gasteiger partial charge in [0.15, 0.2) is 0 Å². The van der Waals surface area contributed by atoms with Crippen LogP contribution in [0, 0.1) is 0 Å². The number of aromatic hydroxyl groups is 1. The van der Waals surface area contributed by atoms with Crippen molar-refractivity contribution in [1.82, 2.24) is 5.32 Å². The lowest BCUT2D eigenvalue weighted by Crippen LogP contribution is -2.47. The first kappa shape index (κ1) is 15.0. The van der Waals surface area contributed by atoms with Crippen molar-refractivity contribution in [3.63, 3.8) is 0 Å². The molecule has 7 nitrogen and oxygen atoms in total. The van der Waals surface area contributed by atoms with Crippen molar-refractivity contribution in [2.24, 2.45) is 0 Å². The predicted octanol–water partition coefficient (Wildman–Crippen LogP) is -0.850. The molecule has 0 fully saturated rings. The highest BCUT2D eigenvalue weighted by Crippen LogP contribution is 2.23. The van der Waals surface area contributed by atoms with Crippen LogP contribution >= 0.6 is 0 Å². The summed E-state index contributed by atoms with van der Waals surface area (Å²) in [6.07, 6.45) is -0.107. The third kappa shape index (κ3) is 3.97. The number of hydrogen-bond donors (Lipinski definition) is 5. The Hall–Kier alpha value is -2.06. The van der Waals surface area contributed by atoms with Crippen molar-refractivity contribution in [2.75, 3.05) is 0 Å². The average molecular weight is 267 g/mol. The van der Waals surface area contributed by atoms with Gasteiger partial charge in [-0.3, -0.25) is 4.79 Å². The molecule has 0 radical (unpaired) electrons. The number of benzene rings is 1. The van der Waals surface area contributed by atoms with Crippen molar-refractivity contribution < 1.29 is 29.9 Å². The van der Waals surface area contributed by atoms with E-state index < -0.39 is 30.7 Å². The van der Waals surface area contributed by atoms with Gasteiger partial charge in [0.25, 0.3) is 0 Å². The molecule has 0 bridgehead atoms. The van der Waals surface area contributed by atoms with Crippen LogP contribution in [0.4, 0.5) is 0 Å². The average Bonchev–Trinajstić information content (AvgIpc) is 2.29. The first-order chi connectivity index (χ1) is 8.82. The molecular weight excluding hydrogens is 253 g/mol. The third-order valence-electron chi connectivity index (χ3n) is 2.54. The van der Waals surface area contributed by atoms with Crippen LogP contribution in [0.3, 0.4) is 0 Å². The molecule has 1 aromatic rings. The van der Waals surface area contributed by atoms with Crippen molar-refractivity contribution in [2.45, 2.75) is 19.3 Å². The monoisotopic (exact) mass is 267 g/mol. The van der Waals surface area contributed by atoms with E-state index in [1.54, 1.807) is 0 Å². The molecule has 5 N–H and O–H groups in total. The van der Waals surface area contributed by atoms with Gasteiger partial charge in [-0.1, -0.05) is 12.1 Å². The van der Waals surface area contributed by atoms with Crippen molar-refractivity contribution in [3.8, 4) is 5.75 Å². The summed E-state index contributed by atoms with van der Waals surface area (Å²) in [4.78, 5) is 21.8. The topological polar surface area (TPSA) is 127 Å². The summed E-state index contributed by atoms with van der Waals surface area (Å²) in [5.74, 6) is -3.25. The number of carbonyl (C=O) groups is 2. The molecule has 1 aromatic carbocycles. The Labute approximate surface area is 109 Å². The lowest BCUT2D eigenvalue weighted by atomic mass is 9.75. The lowest BCUT2D eigenvalue weighted by Gasteiger charge is -2.17. The van der Waals surface area contributed by atoms with Crippen LogP contribution in [0.25, 0.3) is 0 Å². The van der Waals surface area contributed by atoms with E-state index >= 15 is 0 Å². The summed E-state index contributed by atoms with van der Waals surface area (Å²) in [6.45, 7) is 1.21. The first-order valence-electron chi connectivity index (χ1n) is 5.50. The number of hydrogen-bond acceptors (Lipinski definition) is 5. The summed E-state index contributed by atoms with van der Waals surface area (Å²) in [5.41, 5.74) is -0.0849. The Morgan fingerprint density at radius 1 is 1.37 bits per heavy atom. The minimum Gasteiger partial charge on any atom is -0.507 e. The molecule has 0 spiro atoms. The van der Waals surface area contributed by atoms with E-state index in [0.717, 1.165) is 0 Å². The van der Waals surface area contributed by atoms with Gasteiger partial charge in [-0.2, -0.15) is 0 Å². The van der Waals surface area contributed by atoms with Crippen LogP contribution in [0.2, 0.25) is 0 Å². The van der Waals surface area contributed by atoms with Crippen molar-refractivity contribution in [3.05, 3.63) is 29.3 Å². The second-order valence-corrected chi connectivity index (χ2v) is 4.04. The molecule has 1 atom stereocenters. The van der Waals surface area contributed by atoms with Gasteiger partial charge < -0.3 is 25.6 Å². The van der Waals surface area contributed by atoms with E-state index in [4.69, 9.17) is 15.2 Å². The van der Waals surface area contributed by atoms with Crippen LogP contribution in [-0.4, -0.2) is 45.2 Å². The van der Waals surface area contributed by atoms with Crippen molar-refractivity contribution in [1.29, 1.82) is 0 Å². The normalized spacial score (nSPS) is 11.7. The number of carboxylic acid groups (broad SMARTS) is 1. The highest BCUT2D eigenvalue weighted by Gasteiger charge is 2.26. The quantitative estimate of drug-likeness (QED) is 0.442. The van der Waals surface area contributed by atoms with E-state index in [1.807, 2.05) is 0 Å². The number of aromatic carboxylic acids is 1. The minimum absolute atomic E-state index is 0.107. The molecule has 1 amide bonds. The maximum absolute atomic E-state index is 10.9. The van der Waals surface area contributed by atoms with Gasteiger partial charge in [-0.25, -0.2) is 4.79 Å². The summed E-state index contributed by atoms with van der Waals surface area (Å²) in [6, 6.07) is 4.09. The number of phenols is 1.